The minimum absolute atomic E-state index is 0.720. The number of aromatic amines is 1. The van der Waals surface area contributed by atoms with Gasteiger partial charge in [-0.05, 0) is 24.3 Å². The van der Waals surface area contributed by atoms with Crippen LogP contribution >= 0.6 is 11.6 Å². The van der Waals surface area contributed by atoms with Crippen molar-refractivity contribution in [2.24, 2.45) is 0 Å². The topological polar surface area (TPSA) is 41.6 Å². The highest BCUT2D eigenvalue weighted by molar-refractivity contribution is 6.30. The minimum atomic E-state index is 0.720. The summed E-state index contributed by atoms with van der Waals surface area (Å²) in [7, 11) is 0. The Hall–Kier alpha value is -2.13. The van der Waals surface area contributed by atoms with Crippen LogP contribution < -0.4 is 0 Å². The molecular formula is C14H10ClN3. The second-order valence-corrected chi connectivity index (χ2v) is 4.32. The first-order valence-corrected chi connectivity index (χ1v) is 5.93. The van der Waals surface area contributed by atoms with Gasteiger partial charge in [0.1, 0.15) is 0 Å². The molecule has 3 nitrogen and oxygen atoms in total. The molecule has 0 bridgehead atoms. The first-order chi connectivity index (χ1) is 8.84. The standard InChI is InChI=1S/C14H10ClN3/c15-11-6-4-10(5-7-11)14-12(9-17-18-14)13-3-1-2-8-16-13/h1-9H,(H,17,18). The monoisotopic (exact) mass is 255 g/mol. The third kappa shape index (κ3) is 2.00. The molecule has 88 valence electrons. The average Bonchev–Trinajstić information content (AvgIpc) is 2.90. The summed E-state index contributed by atoms with van der Waals surface area (Å²) in [4.78, 5) is 4.34. The van der Waals surface area contributed by atoms with Gasteiger partial charge in [0.2, 0.25) is 0 Å². The fourth-order valence-corrected chi connectivity index (χ4v) is 1.97. The van der Waals surface area contributed by atoms with Crippen LogP contribution in [0, 0.1) is 0 Å². The molecule has 0 saturated carbocycles. The quantitative estimate of drug-likeness (QED) is 0.757. The average molecular weight is 256 g/mol. The van der Waals surface area contributed by atoms with Gasteiger partial charge in [-0.25, -0.2) is 0 Å². The van der Waals surface area contributed by atoms with E-state index in [4.69, 9.17) is 11.6 Å². The van der Waals surface area contributed by atoms with E-state index in [1.54, 1.807) is 12.4 Å². The Morgan fingerprint density at radius 2 is 1.83 bits per heavy atom. The molecule has 0 spiro atoms. The molecule has 3 rings (SSSR count). The number of halogens is 1. The molecule has 0 aliphatic rings. The molecular weight excluding hydrogens is 246 g/mol. The van der Waals surface area contributed by atoms with E-state index >= 15 is 0 Å². The van der Waals surface area contributed by atoms with Gasteiger partial charge >= 0.3 is 0 Å². The zero-order chi connectivity index (χ0) is 12.4. The smallest absolute Gasteiger partial charge is 0.0744 e. The highest BCUT2D eigenvalue weighted by Crippen LogP contribution is 2.29. The summed E-state index contributed by atoms with van der Waals surface area (Å²) in [5.74, 6) is 0. The number of benzene rings is 1. The van der Waals surface area contributed by atoms with Crippen LogP contribution in [0.3, 0.4) is 0 Å². The molecule has 1 aromatic carbocycles. The van der Waals surface area contributed by atoms with Gasteiger partial charge in [-0.2, -0.15) is 5.10 Å². The van der Waals surface area contributed by atoms with Gasteiger partial charge in [-0.3, -0.25) is 10.1 Å². The molecule has 1 N–H and O–H groups in total. The lowest BCUT2D eigenvalue weighted by Gasteiger charge is -2.02. The van der Waals surface area contributed by atoms with Crippen molar-refractivity contribution in [1.29, 1.82) is 0 Å². The highest BCUT2D eigenvalue weighted by Gasteiger charge is 2.10. The molecule has 18 heavy (non-hydrogen) atoms. The maximum absolute atomic E-state index is 5.89. The Balaban J connectivity index is 2.10. The van der Waals surface area contributed by atoms with Gasteiger partial charge in [-0.15, -0.1) is 0 Å². The van der Waals surface area contributed by atoms with Crippen LogP contribution in [0.25, 0.3) is 22.5 Å². The van der Waals surface area contributed by atoms with Crippen molar-refractivity contribution in [3.8, 4) is 22.5 Å². The van der Waals surface area contributed by atoms with Crippen LogP contribution in [0.15, 0.2) is 54.9 Å². The molecule has 0 amide bonds. The van der Waals surface area contributed by atoms with Crippen molar-refractivity contribution in [3.63, 3.8) is 0 Å². The van der Waals surface area contributed by atoms with Crippen molar-refractivity contribution in [2.45, 2.75) is 0 Å². The zero-order valence-corrected chi connectivity index (χ0v) is 10.2. The van der Waals surface area contributed by atoms with Gasteiger partial charge in [0.25, 0.3) is 0 Å². The number of aromatic nitrogens is 3. The molecule has 0 aliphatic heterocycles. The summed E-state index contributed by atoms with van der Waals surface area (Å²) in [6.07, 6.45) is 3.56. The van der Waals surface area contributed by atoms with Crippen LogP contribution in [0.5, 0.6) is 0 Å². The predicted octanol–water partition coefficient (Wildman–Crippen LogP) is 3.79. The van der Waals surface area contributed by atoms with Crippen LogP contribution in [0.1, 0.15) is 0 Å². The van der Waals surface area contributed by atoms with E-state index in [-0.39, 0.29) is 0 Å². The third-order valence-corrected chi connectivity index (χ3v) is 2.97. The lowest BCUT2D eigenvalue weighted by Crippen LogP contribution is -1.84. The SMILES string of the molecule is Clc1ccc(-c2[nH]ncc2-c2ccccn2)cc1. The Kier molecular flexibility index (Phi) is 2.82. The highest BCUT2D eigenvalue weighted by atomic mass is 35.5. The van der Waals surface area contributed by atoms with Crippen LogP contribution in [-0.4, -0.2) is 15.2 Å². The molecule has 0 atom stereocenters. The van der Waals surface area contributed by atoms with Crippen LogP contribution in [0.2, 0.25) is 5.02 Å². The molecule has 0 fully saturated rings. The largest absolute Gasteiger partial charge is 0.277 e. The fourth-order valence-electron chi connectivity index (χ4n) is 1.84. The van der Waals surface area contributed by atoms with Crippen LogP contribution in [0.4, 0.5) is 0 Å². The fraction of sp³-hybridized carbons (Fsp3) is 0. The van der Waals surface area contributed by atoms with Crippen molar-refractivity contribution >= 4 is 11.6 Å². The summed E-state index contributed by atoms with van der Waals surface area (Å²) in [6, 6.07) is 13.5. The van der Waals surface area contributed by atoms with Gasteiger partial charge < -0.3 is 0 Å². The second-order valence-electron chi connectivity index (χ2n) is 3.88. The molecule has 0 radical (unpaired) electrons. The Labute approximate surface area is 109 Å². The number of hydrogen-bond donors (Lipinski definition) is 1. The Morgan fingerprint density at radius 3 is 2.56 bits per heavy atom. The molecule has 2 aromatic heterocycles. The minimum Gasteiger partial charge on any atom is -0.277 e. The number of hydrogen-bond acceptors (Lipinski definition) is 2. The van der Waals surface area contributed by atoms with Crippen molar-refractivity contribution < 1.29 is 0 Å². The number of nitrogens with one attached hydrogen (secondary N) is 1. The summed E-state index contributed by atoms with van der Waals surface area (Å²) in [5.41, 5.74) is 3.87. The van der Waals surface area contributed by atoms with E-state index < -0.39 is 0 Å². The third-order valence-electron chi connectivity index (χ3n) is 2.71. The number of H-pyrrole nitrogens is 1. The Bertz CT molecular complexity index is 644. The van der Waals surface area contributed by atoms with E-state index in [1.807, 2.05) is 42.5 Å². The predicted molar refractivity (Wildman–Crippen MR) is 72.3 cm³/mol. The van der Waals surface area contributed by atoms with E-state index in [0.29, 0.717) is 0 Å². The molecule has 0 unspecified atom stereocenters. The van der Waals surface area contributed by atoms with Crippen LogP contribution in [-0.2, 0) is 0 Å². The lowest BCUT2D eigenvalue weighted by molar-refractivity contribution is 1.10. The Morgan fingerprint density at radius 1 is 1.00 bits per heavy atom. The van der Waals surface area contributed by atoms with Gasteiger partial charge in [0.05, 0.1) is 17.6 Å². The van der Waals surface area contributed by atoms with Gasteiger partial charge in [0, 0.05) is 22.3 Å². The van der Waals surface area contributed by atoms with Crippen molar-refractivity contribution in [1.82, 2.24) is 15.2 Å². The first-order valence-electron chi connectivity index (χ1n) is 5.55. The van der Waals surface area contributed by atoms with E-state index in [9.17, 15) is 0 Å². The number of nitrogens with zero attached hydrogens (tertiary/aromatic N) is 2. The summed E-state index contributed by atoms with van der Waals surface area (Å²) < 4.78 is 0. The number of pyridine rings is 1. The molecule has 2 heterocycles. The lowest BCUT2D eigenvalue weighted by atomic mass is 10.1. The zero-order valence-electron chi connectivity index (χ0n) is 9.47. The summed E-state index contributed by atoms with van der Waals surface area (Å²) in [5, 5.41) is 7.83. The molecule has 0 saturated heterocycles. The molecule has 3 aromatic rings. The van der Waals surface area contributed by atoms with Crippen molar-refractivity contribution in [3.05, 3.63) is 59.9 Å². The normalized spacial score (nSPS) is 10.5. The first kappa shape index (κ1) is 11.0. The number of rotatable bonds is 2. The van der Waals surface area contributed by atoms with E-state index in [0.717, 1.165) is 27.5 Å². The van der Waals surface area contributed by atoms with Crippen molar-refractivity contribution in [2.75, 3.05) is 0 Å². The summed E-state index contributed by atoms with van der Waals surface area (Å²) >= 11 is 5.89. The molecule has 0 aliphatic carbocycles. The maximum Gasteiger partial charge on any atom is 0.0744 e. The van der Waals surface area contributed by atoms with Gasteiger partial charge in [-0.1, -0.05) is 29.8 Å². The van der Waals surface area contributed by atoms with Gasteiger partial charge in [0.15, 0.2) is 0 Å². The second kappa shape index (κ2) is 4.63. The van der Waals surface area contributed by atoms with E-state index in [2.05, 4.69) is 15.2 Å². The molecule has 4 heteroatoms. The maximum atomic E-state index is 5.89. The summed E-state index contributed by atoms with van der Waals surface area (Å²) in [6.45, 7) is 0. The van der Waals surface area contributed by atoms with E-state index in [1.165, 1.54) is 0 Å².